The number of aliphatic carboxylic acids is 1. The van der Waals surface area contributed by atoms with Gasteiger partial charge in [0.15, 0.2) is 5.82 Å². The molecule has 0 saturated heterocycles. The molecule has 0 radical (unpaired) electrons. The van der Waals surface area contributed by atoms with Crippen molar-refractivity contribution in [2.75, 3.05) is 0 Å². The molecule has 0 saturated carbocycles. The number of hydrogen-bond acceptors (Lipinski definition) is 5. The maximum absolute atomic E-state index is 10.9. The van der Waals surface area contributed by atoms with Crippen LogP contribution in [-0.2, 0) is 11.3 Å². The number of aryl methyl sites for hydroxylation is 1. The van der Waals surface area contributed by atoms with Gasteiger partial charge in [0.05, 0.1) is 5.52 Å². The van der Waals surface area contributed by atoms with Crippen molar-refractivity contribution >= 4 is 16.9 Å². The number of pyridine rings is 1. The Hall–Kier alpha value is -2.83. The zero-order valence-corrected chi connectivity index (χ0v) is 10.7. The Bertz CT molecular complexity index is 796. The molecule has 20 heavy (non-hydrogen) atoms. The molecule has 2 heterocycles. The van der Waals surface area contributed by atoms with Crippen LogP contribution in [0.3, 0.4) is 0 Å². The molecule has 0 aliphatic rings. The molecule has 3 rings (SSSR count). The van der Waals surface area contributed by atoms with E-state index in [4.69, 9.17) is 5.11 Å². The lowest BCUT2D eigenvalue weighted by Gasteiger charge is -2.07. The van der Waals surface area contributed by atoms with Crippen LogP contribution in [0.2, 0.25) is 0 Å². The lowest BCUT2D eigenvalue weighted by atomic mass is 10.1. The van der Waals surface area contributed by atoms with Gasteiger partial charge in [0.1, 0.15) is 6.54 Å². The number of carboxylic acid groups (broad SMARTS) is 1. The second kappa shape index (κ2) is 4.69. The van der Waals surface area contributed by atoms with E-state index in [1.54, 1.807) is 0 Å². The van der Waals surface area contributed by atoms with Crippen LogP contribution in [0.5, 0.6) is 0 Å². The largest absolute Gasteiger partial charge is 0.480 e. The van der Waals surface area contributed by atoms with Gasteiger partial charge in [-0.2, -0.15) is 0 Å². The number of aromatic nitrogens is 5. The maximum Gasteiger partial charge on any atom is 0.325 e. The second-order valence-corrected chi connectivity index (χ2v) is 4.38. The lowest BCUT2D eigenvalue weighted by Crippen LogP contribution is -2.12. The van der Waals surface area contributed by atoms with Crippen LogP contribution >= 0.6 is 0 Å². The first-order valence-corrected chi connectivity index (χ1v) is 6.00. The molecule has 0 atom stereocenters. The monoisotopic (exact) mass is 269 g/mol. The predicted octanol–water partition coefficient (Wildman–Crippen LogP) is 1.28. The molecular weight excluding hydrogens is 258 g/mol. The second-order valence-electron chi connectivity index (χ2n) is 4.38. The molecule has 100 valence electrons. The summed E-state index contributed by atoms with van der Waals surface area (Å²) in [5.74, 6) is -0.567. The highest BCUT2D eigenvalue weighted by Gasteiger charge is 2.15. The molecule has 7 nitrogen and oxygen atoms in total. The van der Waals surface area contributed by atoms with Crippen LogP contribution in [-0.4, -0.2) is 36.3 Å². The summed E-state index contributed by atoms with van der Waals surface area (Å²) in [6, 6.07) is 9.47. The molecule has 1 aromatic carbocycles. The molecule has 1 N–H and O–H groups in total. The third-order valence-corrected chi connectivity index (χ3v) is 2.90. The quantitative estimate of drug-likeness (QED) is 0.769. The van der Waals surface area contributed by atoms with E-state index in [2.05, 4.69) is 20.5 Å². The van der Waals surface area contributed by atoms with Crippen molar-refractivity contribution in [1.82, 2.24) is 25.2 Å². The maximum atomic E-state index is 10.9. The number of rotatable bonds is 3. The Labute approximate surface area is 113 Å². The average Bonchev–Trinajstić information content (AvgIpc) is 2.84. The van der Waals surface area contributed by atoms with Gasteiger partial charge in [0.25, 0.3) is 0 Å². The Balaban J connectivity index is 2.24. The summed E-state index contributed by atoms with van der Waals surface area (Å²) in [7, 11) is 0. The van der Waals surface area contributed by atoms with E-state index in [9.17, 15) is 4.79 Å². The zero-order chi connectivity index (χ0) is 14.1. The van der Waals surface area contributed by atoms with Gasteiger partial charge in [-0.3, -0.25) is 9.78 Å². The lowest BCUT2D eigenvalue weighted by molar-refractivity contribution is -0.137. The molecule has 0 aliphatic heterocycles. The van der Waals surface area contributed by atoms with Gasteiger partial charge in [-0.25, -0.2) is 4.68 Å². The van der Waals surface area contributed by atoms with Gasteiger partial charge < -0.3 is 5.11 Å². The third-order valence-electron chi connectivity index (χ3n) is 2.90. The van der Waals surface area contributed by atoms with E-state index >= 15 is 0 Å². The van der Waals surface area contributed by atoms with E-state index in [1.165, 1.54) is 4.68 Å². The number of carboxylic acids is 1. The van der Waals surface area contributed by atoms with Crippen LogP contribution < -0.4 is 0 Å². The van der Waals surface area contributed by atoms with Gasteiger partial charge in [-0.1, -0.05) is 18.2 Å². The number of fused-ring (bicyclic) bond motifs is 1. The number of nitrogens with zero attached hydrogens (tertiary/aromatic N) is 5. The SMILES string of the molecule is Cc1cc(-c2nnnn2CC(=O)O)c2ccccc2n1. The molecular formula is C13H11N5O2. The van der Waals surface area contributed by atoms with Crippen LogP contribution in [0, 0.1) is 6.92 Å². The van der Waals surface area contributed by atoms with Crippen molar-refractivity contribution in [1.29, 1.82) is 0 Å². The summed E-state index contributed by atoms with van der Waals surface area (Å²) in [4.78, 5) is 15.3. The highest BCUT2D eigenvalue weighted by Crippen LogP contribution is 2.26. The highest BCUT2D eigenvalue weighted by atomic mass is 16.4. The van der Waals surface area contributed by atoms with Crippen molar-refractivity contribution in [3.8, 4) is 11.4 Å². The van der Waals surface area contributed by atoms with Crippen molar-refractivity contribution < 1.29 is 9.90 Å². The number of hydrogen-bond donors (Lipinski definition) is 1. The summed E-state index contributed by atoms with van der Waals surface area (Å²) in [5.41, 5.74) is 2.43. The van der Waals surface area contributed by atoms with Crippen LogP contribution in [0.4, 0.5) is 0 Å². The Morgan fingerprint density at radius 3 is 2.95 bits per heavy atom. The van der Waals surface area contributed by atoms with E-state index in [-0.39, 0.29) is 6.54 Å². The molecule has 0 aliphatic carbocycles. The first-order valence-electron chi connectivity index (χ1n) is 6.00. The van der Waals surface area contributed by atoms with Gasteiger partial charge >= 0.3 is 5.97 Å². The molecule has 0 fully saturated rings. The van der Waals surface area contributed by atoms with Gasteiger partial charge in [0, 0.05) is 16.6 Å². The molecule has 2 aromatic heterocycles. The molecule has 0 spiro atoms. The van der Waals surface area contributed by atoms with Crippen LogP contribution in [0.25, 0.3) is 22.3 Å². The topological polar surface area (TPSA) is 93.8 Å². The molecule has 0 bridgehead atoms. The summed E-state index contributed by atoms with van der Waals surface area (Å²) in [5, 5.41) is 21.0. The molecule has 0 unspecified atom stereocenters. The van der Waals surface area contributed by atoms with Crippen molar-refractivity contribution in [3.05, 3.63) is 36.0 Å². The first-order chi connectivity index (χ1) is 9.65. The number of tetrazole rings is 1. The van der Waals surface area contributed by atoms with Crippen molar-refractivity contribution in [2.45, 2.75) is 13.5 Å². The molecule has 3 aromatic rings. The summed E-state index contributed by atoms with van der Waals surface area (Å²) < 4.78 is 1.27. The Morgan fingerprint density at radius 1 is 1.35 bits per heavy atom. The van der Waals surface area contributed by atoms with Crippen molar-refractivity contribution in [2.24, 2.45) is 0 Å². The van der Waals surface area contributed by atoms with E-state index in [0.29, 0.717) is 5.82 Å². The van der Waals surface area contributed by atoms with Gasteiger partial charge in [0.2, 0.25) is 0 Å². The first kappa shape index (κ1) is 12.2. The van der Waals surface area contributed by atoms with E-state index < -0.39 is 5.97 Å². The minimum Gasteiger partial charge on any atom is -0.480 e. The van der Waals surface area contributed by atoms with E-state index in [1.807, 2.05) is 37.3 Å². The minimum absolute atomic E-state index is 0.280. The van der Waals surface area contributed by atoms with Crippen LogP contribution in [0.15, 0.2) is 30.3 Å². The number of benzene rings is 1. The van der Waals surface area contributed by atoms with Gasteiger partial charge in [-0.05, 0) is 29.5 Å². The third kappa shape index (κ3) is 2.09. The minimum atomic E-state index is -0.992. The average molecular weight is 269 g/mol. The standard InChI is InChI=1S/C13H11N5O2/c1-8-6-10(9-4-2-3-5-11(9)14-8)13-15-16-17-18(13)7-12(19)20/h2-6H,7H2,1H3,(H,19,20). The smallest absolute Gasteiger partial charge is 0.325 e. The normalized spacial score (nSPS) is 10.8. The number of para-hydroxylation sites is 1. The van der Waals surface area contributed by atoms with Crippen LogP contribution in [0.1, 0.15) is 5.69 Å². The highest BCUT2D eigenvalue weighted by molar-refractivity contribution is 5.93. The fourth-order valence-electron chi connectivity index (χ4n) is 2.12. The Morgan fingerprint density at radius 2 is 2.15 bits per heavy atom. The van der Waals surface area contributed by atoms with Crippen molar-refractivity contribution in [3.63, 3.8) is 0 Å². The number of carbonyl (C=O) groups is 1. The van der Waals surface area contributed by atoms with E-state index in [0.717, 1.165) is 22.2 Å². The Kier molecular flexibility index (Phi) is 2.86. The zero-order valence-electron chi connectivity index (χ0n) is 10.7. The summed E-state index contributed by atoms with van der Waals surface area (Å²) >= 11 is 0. The molecule has 0 amide bonds. The molecule has 7 heteroatoms. The predicted molar refractivity (Wildman–Crippen MR) is 70.9 cm³/mol. The fourth-order valence-corrected chi connectivity index (χ4v) is 2.12. The van der Waals surface area contributed by atoms with Gasteiger partial charge in [-0.15, -0.1) is 5.10 Å². The fraction of sp³-hybridized carbons (Fsp3) is 0.154. The summed E-state index contributed by atoms with van der Waals surface area (Å²) in [6.07, 6.45) is 0. The summed E-state index contributed by atoms with van der Waals surface area (Å²) in [6.45, 7) is 1.60.